The molecule has 0 atom stereocenters. The van der Waals surface area contributed by atoms with Crippen LogP contribution in [-0.4, -0.2) is 35.0 Å². The molecule has 0 radical (unpaired) electrons. The highest BCUT2D eigenvalue weighted by atomic mass is 19.4. The first kappa shape index (κ1) is 44.8. The van der Waals surface area contributed by atoms with E-state index in [4.69, 9.17) is 0 Å². The van der Waals surface area contributed by atoms with Crippen LogP contribution in [-0.2, 0) is 18.8 Å². The van der Waals surface area contributed by atoms with Crippen LogP contribution in [0.4, 0.5) is 38.0 Å². The summed E-state index contributed by atoms with van der Waals surface area (Å²) >= 11 is 0. The average molecular weight is 735 g/mol. The van der Waals surface area contributed by atoms with Gasteiger partial charge in [-0.2, -0.15) is 26.3 Å². The van der Waals surface area contributed by atoms with E-state index in [1.54, 1.807) is 6.92 Å². The topological polar surface area (TPSA) is 41.1 Å². The van der Waals surface area contributed by atoms with E-state index in [1.807, 2.05) is 24.3 Å². The number of rotatable bonds is 13. The van der Waals surface area contributed by atoms with Crippen LogP contribution in [0, 0.1) is 12.8 Å². The molecule has 0 amide bonds. The number of aromatic nitrogens is 2. The molecule has 0 spiro atoms. The minimum atomic E-state index is -4.94. The lowest BCUT2D eigenvalue weighted by atomic mass is 9.91. The molecular formula is C42H60F6N4. The van der Waals surface area contributed by atoms with Crippen molar-refractivity contribution >= 4 is 17.2 Å². The Balaban J connectivity index is 0.000000450. The van der Waals surface area contributed by atoms with Crippen LogP contribution in [0.5, 0.6) is 0 Å². The first-order valence-corrected chi connectivity index (χ1v) is 19.0. The van der Waals surface area contributed by atoms with Gasteiger partial charge >= 0.3 is 12.4 Å². The van der Waals surface area contributed by atoms with E-state index in [-0.39, 0.29) is 12.0 Å². The number of anilines is 2. The second kappa shape index (κ2) is 22.6. The van der Waals surface area contributed by atoms with Gasteiger partial charge in [-0.05, 0) is 93.6 Å². The van der Waals surface area contributed by atoms with Gasteiger partial charge < -0.3 is 10.2 Å². The van der Waals surface area contributed by atoms with E-state index in [0.717, 1.165) is 41.9 Å². The van der Waals surface area contributed by atoms with Crippen molar-refractivity contribution in [1.82, 2.24) is 14.9 Å². The Morgan fingerprint density at radius 3 is 1.90 bits per heavy atom. The summed E-state index contributed by atoms with van der Waals surface area (Å²) in [5.74, 6) is 0.934. The van der Waals surface area contributed by atoms with Crippen LogP contribution >= 0.6 is 0 Å². The number of aryl methyl sites for hydroxylation is 2. The van der Waals surface area contributed by atoms with Crippen molar-refractivity contribution in [1.29, 1.82) is 0 Å². The Morgan fingerprint density at radius 1 is 0.827 bits per heavy atom. The highest BCUT2D eigenvalue weighted by molar-refractivity contribution is 5.80. The third-order valence-corrected chi connectivity index (χ3v) is 9.07. The number of benzene rings is 2. The number of nitrogens with one attached hydrogen (secondary N) is 1. The van der Waals surface area contributed by atoms with E-state index < -0.39 is 29.2 Å². The molecule has 4 nitrogen and oxygen atoms in total. The molecule has 0 bridgehead atoms. The van der Waals surface area contributed by atoms with E-state index >= 15 is 0 Å². The fourth-order valence-electron chi connectivity index (χ4n) is 5.97. The number of unbranched alkanes of at least 4 members (excludes halogenated alkanes) is 3. The van der Waals surface area contributed by atoms with Crippen LogP contribution in [0.3, 0.4) is 0 Å². The summed E-state index contributed by atoms with van der Waals surface area (Å²) in [6, 6.07) is 9.36. The molecule has 4 rings (SSSR count). The quantitative estimate of drug-likeness (QED) is 0.140. The molecule has 1 aliphatic carbocycles. The minimum Gasteiger partial charge on any atom is -0.324 e. The fraction of sp³-hybridized carbons (Fsp3) is 0.571. The van der Waals surface area contributed by atoms with Crippen molar-refractivity contribution in [2.45, 2.75) is 131 Å². The molecule has 3 aromatic rings. The summed E-state index contributed by atoms with van der Waals surface area (Å²) < 4.78 is 79.0. The molecular weight excluding hydrogens is 674 g/mol. The fourth-order valence-corrected chi connectivity index (χ4v) is 5.97. The molecule has 1 fully saturated rings. The van der Waals surface area contributed by atoms with Crippen LogP contribution in [0.1, 0.15) is 139 Å². The highest BCUT2D eigenvalue weighted by Gasteiger charge is 2.37. The van der Waals surface area contributed by atoms with Gasteiger partial charge in [0.05, 0.1) is 16.8 Å². The number of halogens is 6. The van der Waals surface area contributed by atoms with Gasteiger partial charge in [-0.15, -0.1) is 0 Å². The molecule has 1 heterocycles. The second-order valence-electron chi connectivity index (χ2n) is 13.8. The van der Waals surface area contributed by atoms with Crippen molar-refractivity contribution < 1.29 is 26.3 Å². The summed E-state index contributed by atoms with van der Waals surface area (Å²) in [6.45, 7) is 15.2. The SMILES string of the molecule is CC1CCCCC1.CCC/C=C(/c1ccc(CC)cc1)c1cnc(Nc2cc(C(F)(F)F)cc(C(F)(F)F)c2)nc1C.CCCCCN(C)CCC. The van der Waals surface area contributed by atoms with E-state index in [9.17, 15) is 26.3 Å². The zero-order chi connectivity index (χ0) is 38.7. The van der Waals surface area contributed by atoms with Crippen molar-refractivity contribution in [2.24, 2.45) is 5.92 Å². The monoisotopic (exact) mass is 734 g/mol. The molecule has 1 saturated carbocycles. The normalized spacial score (nSPS) is 14.0. The van der Waals surface area contributed by atoms with Gasteiger partial charge in [0.15, 0.2) is 0 Å². The van der Waals surface area contributed by atoms with Gasteiger partial charge in [-0.1, -0.05) is 116 Å². The molecule has 10 heteroatoms. The predicted octanol–water partition coefficient (Wildman–Crippen LogP) is 13.5. The molecule has 1 aromatic heterocycles. The minimum absolute atomic E-state index is 0.0784. The van der Waals surface area contributed by atoms with Crippen molar-refractivity contribution in [3.8, 4) is 0 Å². The molecule has 2 aromatic carbocycles. The summed E-state index contributed by atoms with van der Waals surface area (Å²) in [5.41, 5.74) is 1.10. The van der Waals surface area contributed by atoms with Gasteiger partial charge in [0, 0.05) is 17.4 Å². The molecule has 290 valence electrons. The van der Waals surface area contributed by atoms with Gasteiger partial charge in [0.25, 0.3) is 0 Å². The van der Waals surface area contributed by atoms with Crippen molar-refractivity contribution in [2.75, 3.05) is 25.5 Å². The van der Waals surface area contributed by atoms with Crippen molar-refractivity contribution in [3.63, 3.8) is 0 Å². The molecule has 0 saturated heterocycles. The standard InChI is InChI=1S/C26H25F6N3.C9H21N.C7H14/c1-4-6-7-22(18-10-8-17(5-2)9-11-18)23-15-33-24(34-16(23)3)35-21-13-19(25(27,28)29)12-20(14-21)26(30,31)32;1-4-6-7-9-10(3)8-5-2;1-7-5-3-2-4-6-7/h7-15H,4-6H2,1-3H3,(H,33,34,35);4-9H2,1-3H3;7H,2-6H2,1H3/b22-7-;;. The Hall–Kier alpha value is -3.40. The molecule has 0 aliphatic heterocycles. The first-order chi connectivity index (χ1) is 24.6. The summed E-state index contributed by atoms with van der Waals surface area (Å²) in [7, 11) is 2.21. The first-order valence-electron chi connectivity index (χ1n) is 19.0. The van der Waals surface area contributed by atoms with Crippen LogP contribution in [0.15, 0.2) is 54.7 Å². The summed E-state index contributed by atoms with van der Waals surface area (Å²) in [4.78, 5) is 10.9. The third kappa shape index (κ3) is 16.1. The summed E-state index contributed by atoms with van der Waals surface area (Å²) in [5, 5.41) is 2.49. The van der Waals surface area contributed by atoms with Crippen LogP contribution in [0.25, 0.3) is 5.57 Å². The molecule has 1 aliphatic rings. The Morgan fingerprint density at radius 2 is 1.44 bits per heavy atom. The summed E-state index contributed by atoms with van der Waals surface area (Å²) in [6.07, 6.45) is 9.16. The average Bonchev–Trinajstić information content (AvgIpc) is 3.10. The maximum Gasteiger partial charge on any atom is 0.416 e. The van der Waals surface area contributed by atoms with E-state index in [1.165, 1.54) is 82.6 Å². The number of nitrogens with zero attached hydrogens (tertiary/aromatic N) is 3. The van der Waals surface area contributed by atoms with Gasteiger partial charge in [-0.3, -0.25) is 0 Å². The number of alkyl halides is 6. The smallest absolute Gasteiger partial charge is 0.324 e. The second-order valence-corrected chi connectivity index (χ2v) is 13.8. The zero-order valence-corrected chi connectivity index (χ0v) is 32.3. The lowest BCUT2D eigenvalue weighted by Crippen LogP contribution is -2.20. The van der Waals surface area contributed by atoms with E-state index in [2.05, 4.69) is 67.9 Å². The lowest BCUT2D eigenvalue weighted by molar-refractivity contribution is -0.143. The third-order valence-electron chi connectivity index (χ3n) is 9.07. The van der Waals surface area contributed by atoms with Gasteiger partial charge in [0.1, 0.15) is 0 Å². The molecule has 52 heavy (non-hydrogen) atoms. The number of hydrogen-bond donors (Lipinski definition) is 1. The predicted molar refractivity (Wildman–Crippen MR) is 204 cm³/mol. The van der Waals surface area contributed by atoms with Crippen LogP contribution < -0.4 is 5.32 Å². The van der Waals surface area contributed by atoms with Gasteiger partial charge in [0.2, 0.25) is 5.95 Å². The number of allylic oxidation sites excluding steroid dienone is 1. The highest BCUT2D eigenvalue weighted by Crippen LogP contribution is 2.38. The number of hydrogen-bond acceptors (Lipinski definition) is 4. The maximum absolute atomic E-state index is 13.2. The van der Waals surface area contributed by atoms with Gasteiger partial charge in [-0.25, -0.2) is 9.97 Å². The van der Waals surface area contributed by atoms with E-state index in [0.29, 0.717) is 17.8 Å². The van der Waals surface area contributed by atoms with Crippen molar-refractivity contribution in [3.05, 3.63) is 88.2 Å². The lowest BCUT2D eigenvalue weighted by Gasteiger charge is -2.16. The molecule has 0 unspecified atom stereocenters. The Kier molecular flexibility index (Phi) is 19.5. The Labute approximate surface area is 308 Å². The zero-order valence-electron chi connectivity index (χ0n) is 32.3. The Bertz CT molecular complexity index is 1440. The molecule has 1 N–H and O–H groups in total. The largest absolute Gasteiger partial charge is 0.416 e. The van der Waals surface area contributed by atoms with Crippen LogP contribution in [0.2, 0.25) is 0 Å². The maximum atomic E-state index is 13.2.